The SMILES string of the molecule is CCCCOC(=O)[C@@]1(O)C[C@H]2O[C@H](COC(=O)/C=C/c3ccccc3)[C@@H](O1)[C@H]2O. The highest BCUT2D eigenvalue weighted by atomic mass is 16.7. The Morgan fingerprint density at radius 2 is 2.03 bits per heavy atom. The lowest BCUT2D eigenvalue weighted by Gasteiger charge is -2.36. The maximum atomic E-state index is 12.2. The zero-order chi connectivity index (χ0) is 20.9. The number of rotatable bonds is 8. The second-order valence-corrected chi connectivity index (χ2v) is 7.14. The van der Waals surface area contributed by atoms with Crippen molar-refractivity contribution in [1.82, 2.24) is 0 Å². The van der Waals surface area contributed by atoms with Crippen molar-refractivity contribution in [3.63, 3.8) is 0 Å². The molecule has 2 aliphatic heterocycles. The molecular weight excluding hydrogens is 380 g/mol. The number of aliphatic hydroxyl groups excluding tert-OH is 1. The number of hydrogen-bond donors (Lipinski definition) is 2. The molecule has 0 aliphatic carbocycles. The number of unbranched alkanes of at least 4 members (excludes halogenated alkanes) is 1. The van der Waals surface area contributed by atoms with Gasteiger partial charge >= 0.3 is 11.9 Å². The number of carbonyl (C=O) groups is 2. The molecule has 1 aromatic rings. The van der Waals surface area contributed by atoms with Crippen LogP contribution in [-0.2, 0) is 28.5 Å². The highest BCUT2D eigenvalue weighted by Gasteiger charge is 2.59. The zero-order valence-corrected chi connectivity index (χ0v) is 16.2. The summed E-state index contributed by atoms with van der Waals surface area (Å²) in [7, 11) is 0. The average molecular weight is 406 g/mol. The number of esters is 2. The van der Waals surface area contributed by atoms with Crippen LogP contribution in [0, 0.1) is 0 Å². The minimum absolute atomic E-state index is 0.175. The third-order valence-corrected chi connectivity index (χ3v) is 4.89. The molecule has 0 unspecified atom stereocenters. The fourth-order valence-corrected chi connectivity index (χ4v) is 3.30. The first-order valence-corrected chi connectivity index (χ1v) is 9.74. The molecule has 2 bridgehead atoms. The first kappa shape index (κ1) is 21.4. The van der Waals surface area contributed by atoms with Crippen molar-refractivity contribution in [2.24, 2.45) is 0 Å². The summed E-state index contributed by atoms with van der Waals surface area (Å²) in [5, 5.41) is 20.8. The minimum Gasteiger partial charge on any atom is -0.462 e. The van der Waals surface area contributed by atoms with E-state index in [0.717, 1.165) is 12.0 Å². The van der Waals surface area contributed by atoms with Crippen molar-refractivity contribution in [1.29, 1.82) is 0 Å². The summed E-state index contributed by atoms with van der Waals surface area (Å²) in [4.78, 5) is 24.1. The Balaban J connectivity index is 1.54. The maximum absolute atomic E-state index is 12.2. The van der Waals surface area contributed by atoms with Gasteiger partial charge in [0.05, 0.1) is 12.7 Å². The molecule has 8 heteroatoms. The summed E-state index contributed by atoms with van der Waals surface area (Å²) in [5.41, 5.74) is 0.850. The van der Waals surface area contributed by atoms with Crippen LogP contribution in [0.2, 0.25) is 0 Å². The van der Waals surface area contributed by atoms with E-state index in [1.165, 1.54) is 6.08 Å². The molecule has 2 heterocycles. The molecule has 2 aliphatic rings. The van der Waals surface area contributed by atoms with Crippen LogP contribution in [0.15, 0.2) is 36.4 Å². The lowest BCUT2D eigenvalue weighted by molar-refractivity contribution is -0.272. The Bertz CT molecular complexity index is 733. The summed E-state index contributed by atoms with van der Waals surface area (Å²) < 4.78 is 21.3. The Kier molecular flexibility index (Phi) is 7.02. The third kappa shape index (κ3) is 5.22. The molecule has 0 spiro atoms. The van der Waals surface area contributed by atoms with Crippen LogP contribution < -0.4 is 0 Å². The largest absolute Gasteiger partial charge is 0.462 e. The van der Waals surface area contributed by atoms with Gasteiger partial charge in [0.25, 0.3) is 5.79 Å². The zero-order valence-electron chi connectivity index (χ0n) is 16.2. The number of aliphatic hydroxyl groups is 2. The molecule has 1 aromatic carbocycles. The van der Waals surface area contributed by atoms with E-state index in [-0.39, 0.29) is 19.6 Å². The van der Waals surface area contributed by atoms with Crippen molar-refractivity contribution in [2.75, 3.05) is 13.2 Å². The summed E-state index contributed by atoms with van der Waals surface area (Å²) >= 11 is 0. The van der Waals surface area contributed by atoms with Gasteiger partial charge in [-0.1, -0.05) is 43.7 Å². The first-order valence-electron chi connectivity index (χ1n) is 9.74. The fraction of sp³-hybridized carbons (Fsp3) is 0.524. The van der Waals surface area contributed by atoms with Crippen molar-refractivity contribution in [2.45, 2.75) is 56.4 Å². The van der Waals surface area contributed by atoms with Gasteiger partial charge in [0, 0.05) is 12.5 Å². The molecule has 0 aromatic heterocycles. The molecule has 2 fully saturated rings. The van der Waals surface area contributed by atoms with E-state index in [9.17, 15) is 19.8 Å². The third-order valence-electron chi connectivity index (χ3n) is 4.89. The van der Waals surface area contributed by atoms with Crippen LogP contribution in [-0.4, -0.2) is 65.6 Å². The quantitative estimate of drug-likeness (QED) is 0.376. The van der Waals surface area contributed by atoms with Crippen LogP contribution >= 0.6 is 0 Å². The number of fused-ring (bicyclic) bond motifs is 2. The summed E-state index contributed by atoms with van der Waals surface area (Å²) in [6.45, 7) is 1.94. The van der Waals surface area contributed by atoms with E-state index in [4.69, 9.17) is 18.9 Å². The monoisotopic (exact) mass is 406 g/mol. The number of ether oxygens (including phenoxy) is 4. The van der Waals surface area contributed by atoms with Gasteiger partial charge < -0.3 is 29.2 Å². The van der Waals surface area contributed by atoms with Gasteiger partial charge in [0.2, 0.25) is 0 Å². The first-order chi connectivity index (χ1) is 13.9. The molecule has 3 rings (SSSR count). The van der Waals surface area contributed by atoms with E-state index < -0.39 is 42.1 Å². The molecular formula is C21H26O8. The number of carbonyl (C=O) groups excluding carboxylic acids is 2. The molecule has 0 saturated carbocycles. The van der Waals surface area contributed by atoms with Crippen LogP contribution in [0.3, 0.4) is 0 Å². The second-order valence-electron chi connectivity index (χ2n) is 7.14. The number of hydrogen-bond acceptors (Lipinski definition) is 8. The molecule has 8 nitrogen and oxygen atoms in total. The molecule has 158 valence electrons. The second kappa shape index (κ2) is 9.49. The summed E-state index contributed by atoms with van der Waals surface area (Å²) in [6, 6.07) is 9.27. The highest BCUT2D eigenvalue weighted by molar-refractivity contribution is 5.87. The average Bonchev–Trinajstić information content (AvgIpc) is 2.90. The summed E-state index contributed by atoms with van der Waals surface area (Å²) in [6.07, 6.45) is 0.484. The van der Waals surface area contributed by atoms with Crippen molar-refractivity contribution in [3.05, 3.63) is 42.0 Å². The van der Waals surface area contributed by atoms with Gasteiger partial charge in [-0.15, -0.1) is 0 Å². The predicted octanol–water partition coefficient (Wildman–Crippen LogP) is 1.19. The van der Waals surface area contributed by atoms with Crippen molar-refractivity contribution >= 4 is 18.0 Å². The molecule has 2 N–H and O–H groups in total. The van der Waals surface area contributed by atoms with Crippen LogP contribution in [0.4, 0.5) is 0 Å². The van der Waals surface area contributed by atoms with E-state index in [2.05, 4.69) is 0 Å². The Hall–Kier alpha value is -2.26. The van der Waals surface area contributed by atoms with E-state index in [1.54, 1.807) is 6.08 Å². The Morgan fingerprint density at radius 3 is 2.76 bits per heavy atom. The molecule has 29 heavy (non-hydrogen) atoms. The maximum Gasteiger partial charge on any atom is 0.366 e. The van der Waals surface area contributed by atoms with E-state index in [0.29, 0.717) is 6.42 Å². The van der Waals surface area contributed by atoms with Crippen LogP contribution in [0.1, 0.15) is 31.7 Å². The van der Waals surface area contributed by atoms with Crippen LogP contribution in [0.25, 0.3) is 6.08 Å². The van der Waals surface area contributed by atoms with E-state index in [1.807, 2.05) is 37.3 Å². The lowest BCUT2D eigenvalue weighted by Crippen LogP contribution is -2.56. The van der Waals surface area contributed by atoms with Gasteiger partial charge in [0.15, 0.2) is 0 Å². The van der Waals surface area contributed by atoms with Crippen molar-refractivity contribution < 1.29 is 38.7 Å². The van der Waals surface area contributed by atoms with Gasteiger partial charge in [-0.3, -0.25) is 0 Å². The lowest BCUT2D eigenvalue weighted by atomic mass is 9.96. The van der Waals surface area contributed by atoms with Gasteiger partial charge in [0.1, 0.15) is 24.9 Å². The molecule has 5 atom stereocenters. The highest BCUT2D eigenvalue weighted by Crippen LogP contribution is 2.38. The molecule has 0 amide bonds. The minimum atomic E-state index is -2.19. The normalized spacial score (nSPS) is 31.0. The Labute approximate surface area is 169 Å². The topological polar surface area (TPSA) is 112 Å². The molecule has 0 radical (unpaired) electrons. The van der Waals surface area contributed by atoms with E-state index >= 15 is 0 Å². The molecule has 2 saturated heterocycles. The van der Waals surface area contributed by atoms with Crippen molar-refractivity contribution in [3.8, 4) is 0 Å². The number of benzene rings is 1. The van der Waals surface area contributed by atoms with Gasteiger partial charge in [-0.25, -0.2) is 9.59 Å². The Morgan fingerprint density at radius 1 is 1.28 bits per heavy atom. The smallest absolute Gasteiger partial charge is 0.366 e. The fourth-order valence-electron chi connectivity index (χ4n) is 3.30. The standard InChI is InChI=1S/C21H26O8/c1-2-3-11-26-20(24)21(25)12-15-18(23)19(29-21)16(28-15)13-27-17(22)10-9-14-7-5-4-6-8-14/h4-10,15-16,18-19,23,25H,2-3,11-13H2,1H3/b10-9+/t15-,16-,18+,19-,21-/m1/s1. The van der Waals surface area contributed by atoms with Gasteiger partial charge in [-0.2, -0.15) is 0 Å². The van der Waals surface area contributed by atoms with Crippen LogP contribution in [0.5, 0.6) is 0 Å². The van der Waals surface area contributed by atoms with Gasteiger partial charge in [-0.05, 0) is 18.1 Å². The predicted molar refractivity (Wildman–Crippen MR) is 101 cm³/mol. The summed E-state index contributed by atoms with van der Waals surface area (Å²) in [5.74, 6) is -3.67.